The third-order valence-corrected chi connectivity index (χ3v) is 3.52. The van der Waals surface area contributed by atoms with Crippen molar-refractivity contribution in [3.05, 3.63) is 23.9 Å². The zero-order valence-corrected chi connectivity index (χ0v) is 11.4. The van der Waals surface area contributed by atoms with Crippen LogP contribution in [-0.4, -0.2) is 28.1 Å². The molecule has 0 aromatic carbocycles. The van der Waals surface area contributed by atoms with Crippen molar-refractivity contribution < 1.29 is 18.1 Å². The van der Waals surface area contributed by atoms with Crippen molar-refractivity contribution in [2.24, 2.45) is 0 Å². The maximum atomic E-state index is 12.4. The maximum Gasteiger partial charge on any atom is 0.487 e. The summed E-state index contributed by atoms with van der Waals surface area (Å²) in [5.41, 5.74) is -0.385. The molecule has 2 heterocycles. The fraction of sp³-hybridized carbons (Fsp3) is 0.583. The number of aromatic nitrogens is 2. The van der Waals surface area contributed by atoms with E-state index in [4.69, 9.17) is 9.31 Å². The molecule has 2 rings (SSSR count). The SMILES string of the molecule is CC1(C)OB(/C=C/c2ccn(C(F)F)n2)OC1(C)C. The van der Waals surface area contributed by atoms with Crippen LogP contribution in [0.25, 0.3) is 6.08 Å². The van der Waals surface area contributed by atoms with E-state index < -0.39 is 24.9 Å². The lowest BCUT2D eigenvalue weighted by Gasteiger charge is -2.32. The average molecular weight is 270 g/mol. The lowest BCUT2D eigenvalue weighted by Crippen LogP contribution is -2.41. The summed E-state index contributed by atoms with van der Waals surface area (Å²) in [5.74, 6) is 1.68. The topological polar surface area (TPSA) is 36.3 Å². The van der Waals surface area contributed by atoms with Crippen molar-refractivity contribution >= 4 is 13.2 Å². The van der Waals surface area contributed by atoms with Gasteiger partial charge in [-0.2, -0.15) is 13.9 Å². The Hall–Kier alpha value is -1.21. The summed E-state index contributed by atoms with van der Waals surface area (Å²) in [4.78, 5) is 0. The van der Waals surface area contributed by atoms with Crippen LogP contribution in [0.5, 0.6) is 0 Å². The Morgan fingerprint density at radius 1 is 1.26 bits per heavy atom. The molecule has 0 radical (unpaired) electrons. The minimum Gasteiger partial charge on any atom is -0.400 e. The van der Waals surface area contributed by atoms with Gasteiger partial charge in [0.25, 0.3) is 0 Å². The highest BCUT2D eigenvalue weighted by atomic mass is 19.3. The molecule has 0 atom stereocenters. The standard InChI is InChI=1S/C12H17BF2N2O2/c1-11(2)12(3,4)19-13(18-11)7-5-9-6-8-17(16-9)10(14)15/h5-8,10H,1-4H3/b7-5+. The molecular formula is C12H17BF2N2O2. The summed E-state index contributed by atoms with van der Waals surface area (Å²) in [6.07, 6.45) is 2.84. The van der Waals surface area contributed by atoms with Crippen molar-refractivity contribution in [3.63, 3.8) is 0 Å². The molecule has 1 aliphatic rings. The maximum absolute atomic E-state index is 12.4. The van der Waals surface area contributed by atoms with Crippen LogP contribution in [0.3, 0.4) is 0 Å². The fourth-order valence-electron chi connectivity index (χ4n) is 1.69. The van der Waals surface area contributed by atoms with E-state index in [1.165, 1.54) is 12.3 Å². The molecule has 1 saturated heterocycles. The molecule has 0 saturated carbocycles. The van der Waals surface area contributed by atoms with Gasteiger partial charge in [0, 0.05) is 6.20 Å². The first-order chi connectivity index (χ1) is 8.71. The quantitative estimate of drug-likeness (QED) is 0.792. The summed E-state index contributed by atoms with van der Waals surface area (Å²) < 4.78 is 36.8. The highest BCUT2D eigenvalue weighted by Gasteiger charge is 2.49. The van der Waals surface area contributed by atoms with Crippen molar-refractivity contribution in [2.75, 3.05) is 0 Å². The zero-order valence-electron chi connectivity index (χ0n) is 11.4. The molecule has 0 amide bonds. The third kappa shape index (κ3) is 2.87. The number of hydrogen-bond acceptors (Lipinski definition) is 3. The Morgan fingerprint density at radius 2 is 1.84 bits per heavy atom. The summed E-state index contributed by atoms with van der Waals surface area (Å²) in [6.45, 7) is 5.18. The van der Waals surface area contributed by atoms with Gasteiger partial charge in [0.15, 0.2) is 0 Å². The van der Waals surface area contributed by atoms with Crippen LogP contribution in [-0.2, 0) is 9.31 Å². The van der Waals surface area contributed by atoms with Crippen LogP contribution in [0.1, 0.15) is 39.9 Å². The third-order valence-electron chi connectivity index (χ3n) is 3.52. The molecule has 1 aliphatic heterocycles. The van der Waals surface area contributed by atoms with Gasteiger partial charge < -0.3 is 9.31 Å². The Labute approximate surface area is 111 Å². The van der Waals surface area contributed by atoms with E-state index in [0.29, 0.717) is 10.4 Å². The van der Waals surface area contributed by atoms with Gasteiger partial charge in [0.1, 0.15) is 0 Å². The lowest BCUT2D eigenvalue weighted by atomic mass is 9.90. The van der Waals surface area contributed by atoms with Gasteiger partial charge in [-0.3, -0.25) is 0 Å². The smallest absolute Gasteiger partial charge is 0.400 e. The van der Waals surface area contributed by atoms with E-state index in [1.807, 2.05) is 27.7 Å². The van der Waals surface area contributed by atoms with Crippen molar-refractivity contribution in [1.29, 1.82) is 0 Å². The van der Waals surface area contributed by atoms with E-state index in [0.717, 1.165) is 0 Å². The molecule has 0 unspecified atom stereocenters. The van der Waals surface area contributed by atoms with E-state index in [9.17, 15) is 8.78 Å². The minimum absolute atomic E-state index is 0.412. The molecule has 1 fully saturated rings. The minimum atomic E-state index is -2.63. The molecule has 7 heteroatoms. The van der Waals surface area contributed by atoms with E-state index >= 15 is 0 Å². The molecule has 0 N–H and O–H groups in total. The molecule has 0 aliphatic carbocycles. The molecule has 0 spiro atoms. The normalized spacial score (nSPS) is 21.7. The van der Waals surface area contributed by atoms with Gasteiger partial charge >= 0.3 is 13.7 Å². The average Bonchev–Trinajstić information content (AvgIpc) is 2.79. The van der Waals surface area contributed by atoms with Gasteiger partial charge in [0.2, 0.25) is 0 Å². The summed E-state index contributed by atoms with van der Waals surface area (Å²) in [6, 6.07) is 1.51. The summed E-state index contributed by atoms with van der Waals surface area (Å²) in [5, 5.41) is 3.71. The molecule has 104 valence electrons. The molecular weight excluding hydrogens is 253 g/mol. The van der Waals surface area contributed by atoms with Crippen LogP contribution in [0.15, 0.2) is 18.2 Å². The van der Waals surface area contributed by atoms with E-state index in [2.05, 4.69) is 5.10 Å². The highest BCUT2D eigenvalue weighted by molar-refractivity contribution is 6.52. The van der Waals surface area contributed by atoms with Gasteiger partial charge in [-0.15, -0.1) is 0 Å². The first kappa shape index (κ1) is 14.2. The number of alkyl halides is 2. The monoisotopic (exact) mass is 270 g/mol. The van der Waals surface area contributed by atoms with E-state index in [1.54, 1.807) is 12.1 Å². The van der Waals surface area contributed by atoms with Crippen molar-refractivity contribution in [1.82, 2.24) is 9.78 Å². The predicted octanol–water partition coefficient (Wildman–Crippen LogP) is 2.92. The first-order valence-corrected chi connectivity index (χ1v) is 6.08. The second-order valence-electron chi connectivity index (χ2n) is 5.48. The predicted molar refractivity (Wildman–Crippen MR) is 68.6 cm³/mol. The summed E-state index contributed by atoms with van der Waals surface area (Å²) >= 11 is 0. The summed E-state index contributed by atoms with van der Waals surface area (Å²) in [7, 11) is -0.498. The molecule has 4 nitrogen and oxygen atoms in total. The van der Waals surface area contributed by atoms with Gasteiger partial charge in [-0.1, -0.05) is 5.98 Å². The van der Waals surface area contributed by atoms with Crippen molar-refractivity contribution in [3.8, 4) is 0 Å². The van der Waals surface area contributed by atoms with Gasteiger partial charge in [0.05, 0.1) is 16.9 Å². The first-order valence-electron chi connectivity index (χ1n) is 6.08. The van der Waals surface area contributed by atoms with Crippen LogP contribution in [0.4, 0.5) is 8.78 Å². The Morgan fingerprint density at radius 3 is 2.32 bits per heavy atom. The lowest BCUT2D eigenvalue weighted by molar-refractivity contribution is 0.00578. The highest BCUT2D eigenvalue weighted by Crippen LogP contribution is 2.36. The van der Waals surface area contributed by atoms with Crippen molar-refractivity contribution in [2.45, 2.75) is 45.4 Å². The molecule has 1 aromatic heterocycles. The van der Waals surface area contributed by atoms with Gasteiger partial charge in [-0.05, 0) is 39.8 Å². The fourth-order valence-corrected chi connectivity index (χ4v) is 1.69. The molecule has 0 bridgehead atoms. The van der Waals surface area contributed by atoms with E-state index in [-0.39, 0.29) is 0 Å². The van der Waals surface area contributed by atoms with Crippen LogP contribution in [0.2, 0.25) is 0 Å². The van der Waals surface area contributed by atoms with Crippen LogP contribution < -0.4 is 0 Å². The van der Waals surface area contributed by atoms with Gasteiger partial charge in [-0.25, -0.2) is 4.68 Å². The Bertz CT molecular complexity index is 470. The van der Waals surface area contributed by atoms with Crippen LogP contribution >= 0.6 is 0 Å². The number of halogens is 2. The molecule has 1 aromatic rings. The number of hydrogen-bond donors (Lipinski definition) is 0. The zero-order chi connectivity index (χ0) is 14.3. The second-order valence-corrected chi connectivity index (χ2v) is 5.48. The van der Waals surface area contributed by atoms with Crippen LogP contribution in [0, 0.1) is 0 Å². The Balaban J connectivity index is 2.04. The molecule has 19 heavy (non-hydrogen) atoms. The largest absolute Gasteiger partial charge is 0.487 e. The second kappa shape index (κ2) is 4.72. The number of nitrogens with zero attached hydrogens (tertiary/aromatic N) is 2. The number of rotatable bonds is 3. The Kier molecular flexibility index (Phi) is 3.53.